The number of piperazine rings is 1. The third-order valence-corrected chi connectivity index (χ3v) is 6.18. The van der Waals surface area contributed by atoms with E-state index in [4.69, 9.17) is 10.8 Å². The first kappa shape index (κ1) is 25.5. The zero-order chi connectivity index (χ0) is 25.3. The summed E-state index contributed by atoms with van der Waals surface area (Å²) >= 11 is 0. The molecule has 1 aliphatic rings. The van der Waals surface area contributed by atoms with E-state index >= 15 is 0 Å². The van der Waals surface area contributed by atoms with Gasteiger partial charge >= 0.3 is 5.97 Å². The minimum absolute atomic E-state index is 0.0997. The van der Waals surface area contributed by atoms with Gasteiger partial charge in [-0.3, -0.25) is 14.6 Å². The van der Waals surface area contributed by atoms with Gasteiger partial charge in [0, 0.05) is 62.4 Å². The fourth-order valence-corrected chi connectivity index (χ4v) is 4.30. The highest BCUT2D eigenvalue weighted by molar-refractivity contribution is 5.69. The summed E-state index contributed by atoms with van der Waals surface area (Å²) in [5.74, 6) is 0.559. The SMILES string of the molecule is CC1CN(CC(=O)O)CCN1Cc1cccc(Nc2nccc(-c3ccc(NCCCN)nc3)n2)c1. The molecule has 4 rings (SSSR count). The second-order valence-electron chi connectivity index (χ2n) is 9.04. The number of hydrogen-bond acceptors (Lipinski definition) is 9. The molecule has 5 N–H and O–H groups in total. The standard InChI is InChI=1S/C26H34N8O2/c1-19-16-33(18-25(35)36)12-13-34(19)17-20-4-2-5-22(14-20)31-26-29-11-8-23(32-26)21-6-7-24(30-15-21)28-10-3-9-27/h2,4-8,11,14-15,19H,3,9-10,12-13,16-18,27H2,1H3,(H,28,30)(H,35,36)(H,29,31,32). The second-order valence-corrected chi connectivity index (χ2v) is 9.04. The molecule has 1 atom stereocenters. The second kappa shape index (κ2) is 12.4. The van der Waals surface area contributed by atoms with Crippen LogP contribution in [0.25, 0.3) is 11.3 Å². The lowest BCUT2D eigenvalue weighted by Gasteiger charge is -2.39. The molecule has 0 saturated carbocycles. The lowest BCUT2D eigenvalue weighted by molar-refractivity contribution is -0.139. The maximum Gasteiger partial charge on any atom is 0.317 e. The average Bonchev–Trinajstić information content (AvgIpc) is 2.86. The van der Waals surface area contributed by atoms with Crippen LogP contribution in [0.2, 0.25) is 0 Å². The first-order valence-electron chi connectivity index (χ1n) is 12.3. The molecule has 2 aromatic heterocycles. The van der Waals surface area contributed by atoms with Crippen molar-refractivity contribution in [3.05, 3.63) is 60.4 Å². The molecular weight excluding hydrogens is 456 g/mol. The number of pyridine rings is 1. The van der Waals surface area contributed by atoms with Crippen molar-refractivity contribution in [1.29, 1.82) is 0 Å². The molecule has 0 bridgehead atoms. The number of anilines is 3. The van der Waals surface area contributed by atoms with Crippen molar-refractivity contribution in [1.82, 2.24) is 24.8 Å². The van der Waals surface area contributed by atoms with E-state index in [1.54, 1.807) is 12.4 Å². The van der Waals surface area contributed by atoms with Gasteiger partial charge in [-0.05, 0) is 55.8 Å². The number of carboxylic acid groups (broad SMARTS) is 1. The van der Waals surface area contributed by atoms with Crippen molar-refractivity contribution in [3.63, 3.8) is 0 Å². The largest absolute Gasteiger partial charge is 0.480 e. The number of aliphatic carboxylic acids is 1. The third-order valence-electron chi connectivity index (χ3n) is 6.18. The molecule has 0 aliphatic carbocycles. The molecule has 1 aromatic carbocycles. The van der Waals surface area contributed by atoms with Crippen LogP contribution in [0.4, 0.5) is 17.5 Å². The lowest BCUT2D eigenvalue weighted by Crippen LogP contribution is -2.52. The molecule has 10 heteroatoms. The zero-order valence-corrected chi connectivity index (χ0v) is 20.6. The highest BCUT2D eigenvalue weighted by atomic mass is 16.4. The van der Waals surface area contributed by atoms with Crippen molar-refractivity contribution in [2.24, 2.45) is 5.73 Å². The quantitative estimate of drug-likeness (QED) is 0.297. The Morgan fingerprint density at radius 2 is 2.08 bits per heavy atom. The van der Waals surface area contributed by atoms with Crippen LogP contribution in [0.5, 0.6) is 0 Å². The zero-order valence-electron chi connectivity index (χ0n) is 20.6. The summed E-state index contributed by atoms with van der Waals surface area (Å²) in [5, 5.41) is 15.6. The third kappa shape index (κ3) is 7.20. The van der Waals surface area contributed by atoms with Gasteiger partial charge in [0.05, 0.1) is 12.2 Å². The van der Waals surface area contributed by atoms with Crippen LogP contribution in [0, 0.1) is 0 Å². The van der Waals surface area contributed by atoms with E-state index in [1.807, 2.05) is 35.2 Å². The van der Waals surface area contributed by atoms with E-state index in [0.29, 0.717) is 12.5 Å². The predicted molar refractivity (Wildman–Crippen MR) is 141 cm³/mol. The summed E-state index contributed by atoms with van der Waals surface area (Å²) < 4.78 is 0. The van der Waals surface area contributed by atoms with Gasteiger partial charge in [-0.25, -0.2) is 15.0 Å². The molecule has 0 radical (unpaired) electrons. The number of aromatic nitrogens is 3. The summed E-state index contributed by atoms with van der Waals surface area (Å²) in [7, 11) is 0. The van der Waals surface area contributed by atoms with Crippen molar-refractivity contribution < 1.29 is 9.90 Å². The summed E-state index contributed by atoms with van der Waals surface area (Å²) in [5.41, 5.74) is 9.33. The van der Waals surface area contributed by atoms with Crippen LogP contribution in [0.3, 0.4) is 0 Å². The summed E-state index contributed by atoms with van der Waals surface area (Å²) in [6.07, 6.45) is 4.43. The van der Waals surface area contributed by atoms with Crippen LogP contribution in [0.1, 0.15) is 18.9 Å². The maximum atomic E-state index is 11.0. The van der Waals surface area contributed by atoms with E-state index in [0.717, 1.165) is 61.9 Å². The van der Waals surface area contributed by atoms with E-state index in [-0.39, 0.29) is 12.6 Å². The Morgan fingerprint density at radius 1 is 1.19 bits per heavy atom. The fourth-order valence-electron chi connectivity index (χ4n) is 4.30. The summed E-state index contributed by atoms with van der Waals surface area (Å²) in [4.78, 5) is 28.9. The minimum atomic E-state index is -0.774. The van der Waals surface area contributed by atoms with E-state index in [1.165, 1.54) is 5.56 Å². The number of carbonyl (C=O) groups is 1. The monoisotopic (exact) mass is 490 g/mol. The molecule has 3 aromatic rings. The Kier molecular flexibility index (Phi) is 8.77. The van der Waals surface area contributed by atoms with Crippen molar-refractivity contribution in [2.45, 2.75) is 25.9 Å². The Balaban J connectivity index is 1.37. The highest BCUT2D eigenvalue weighted by Crippen LogP contribution is 2.22. The number of benzene rings is 1. The van der Waals surface area contributed by atoms with Crippen LogP contribution in [0.15, 0.2) is 54.9 Å². The van der Waals surface area contributed by atoms with Gasteiger partial charge in [-0.2, -0.15) is 0 Å². The number of nitrogens with two attached hydrogens (primary N) is 1. The number of nitrogens with zero attached hydrogens (tertiary/aromatic N) is 5. The minimum Gasteiger partial charge on any atom is -0.480 e. The topological polar surface area (TPSA) is 133 Å². The number of rotatable bonds is 11. The van der Waals surface area contributed by atoms with Crippen LogP contribution in [-0.2, 0) is 11.3 Å². The maximum absolute atomic E-state index is 11.0. The van der Waals surface area contributed by atoms with Gasteiger partial charge in [0.25, 0.3) is 0 Å². The summed E-state index contributed by atoms with van der Waals surface area (Å²) in [6.45, 7) is 6.84. The Bertz CT molecular complexity index is 1140. The van der Waals surface area contributed by atoms with Crippen LogP contribution in [-0.4, -0.2) is 81.1 Å². The molecule has 1 saturated heterocycles. The lowest BCUT2D eigenvalue weighted by atomic mass is 10.1. The first-order chi connectivity index (χ1) is 17.5. The molecule has 36 heavy (non-hydrogen) atoms. The molecular formula is C26H34N8O2. The molecule has 1 unspecified atom stereocenters. The number of nitrogens with one attached hydrogen (secondary N) is 2. The fraction of sp³-hybridized carbons (Fsp3) is 0.385. The summed E-state index contributed by atoms with van der Waals surface area (Å²) in [6, 6.07) is 14.3. The van der Waals surface area contributed by atoms with Gasteiger partial charge < -0.3 is 21.5 Å². The molecule has 190 valence electrons. The first-order valence-corrected chi connectivity index (χ1v) is 12.3. The van der Waals surface area contributed by atoms with E-state index < -0.39 is 5.97 Å². The van der Waals surface area contributed by atoms with Gasteiger partial charge in [0.15, 0.2) is 0 Å². The van der Waals surface area contributed by atoms with Crippen molar-refractivity contribution in [3.8, 4) is 11.3 Å². The van der Waals surface area contributed by atoms with Gasteiger partial charge in [0.2, 0.25) is 5.95 Å². The van der Waals surface area contributed by atoms with Gasteiger partial charge in [-0.1, -0.05) is 12.1 Å². The Hall–Kier alpha value is -3.60. The molecule has 1 aliphatic heterocycles. The molecule has 3 heterocycles. The molecule has 10 nitrogen and oxygen atoms in total. The number of carboxylic acids is 1. The van der Waals surface area contributed by atoms with E-state index in [9.17, 15) is 4.79 Å². The van der Waals surface area contributed by atoms with E-state index in [2.05, 4.69) is 49.5 Å². The highest BCUT2D eigenvalue weighted by Gasteiger charge is 2.24. The molecule has 0 amide bonds. The van der Waals surface area contributed by atoms with Gasteiger partial charge in [0.1, 0.15) is 5.82 Å². The van der Waals surface area contributed by atoms with Gasteiger partial charge in [-0.15, -0.1) is 0 Å². The average molecular weight is 491 g/mol. The number of hydrogen-bond donors (Lipinski definition) is 4. The predicted octanol–water partition coefficient (Wildman–Crippen LogP) is 2.63. The van der Waals surface area contributed by atoms with Crippen molar-refractivity contribution in [2.75, 3.05) is 49.9 Å². The Morgan fingerprint density at radius 3 is 2.83 bits per heavy atom. The van der Waals surface area contributed by atoms with Crippen molar-refractivity contribution >= 4 is 23.4 Å². The van der Waals surface area contributed by atoms with Crippen LogP contribution >= 0.6 is 0 Å². The molecule has 1 fully saturated rings. The smallest absolute Gasteiger partial charge is 0.317 e. The molecule has 0 spiro atoms. The normalized spacial score (nSPS) is 16.6. The van der Waals surface area contributed by atoms with Crippen LogP contribution < -0.4 is 16.4 Å². The Labute approximate surface area is 211 Å².